The molecule has 0 saturated heterocycles. The van der Waals surface area contributed by atoms with Crippen LogP contribution < -0.4 is 4.80 Å². The van der Waals surface area contributed by atoms with Crippen molar-refractivity contribution in [3.63, 3.8) is 0 Å². The first-order valence-corrected chi connectivity index (χ1v) is 8.62. The van der Waals surface area contributed by atoms with E-state index in [2.05, 4.69) is 27.6 Å². The maximum Gasteiger partial charge on any atom is 0.280 e. The van der Waals surface area contributed by atoms with Gasteiger partial charge >= 0.3 is 0 Å². The van der Waals surface area contributed by atoms with Crippen molar-refractivity contribution in [2.75, 3.05) is 0 Å². The van der Waals surface area contributed by atoms with Crippen molar-refractivity contribution in [3.8, 4) is 0 Å². The highest BCUT2D eigenvalue weighted by Crippen LogP contribution is 2.20. The zero-order valence-electron chi connectivity index (χ0n) is 11.7. The van der Waals surface area contributed by atoms with Gasteiger partial charge in [-0.25, -0.2) is 4.39 Å². The molecule has 2 aromatic carbocycles. The van der Waals surface area contributed by atoms with Crippen LogP contribution in [0.25, 0.3) is 10.2 Å². The fourth-order valence-corrected chi connectivity index (χ4v) is 3.97. The second kappa shape index (κ2) is 6.29. The van der Waals surface area contributed by atoms with Crippen LogP contribution in [0.2, 0.25) is 0 Å². The molecule has 3 rings (SSSR count). The summed E-state index contributed by atoms with van der Waals surface area (Å²) in [5.74, 6) is -0.599. The van der Waals surface area contributed by atoms with Crippen LogP contribution in [0.5, 0.6) is 0 Å². The molecule has 0 fully saturated rings. The number of carbonyl (C=O) groups is 1. The van der Waals surface area contributed by atoms with Crippen molar-refractivity contribution in [2.24, 2.45) is 4.99 Å². The summed E-state index contributed by atoms with van der Waals surface area (Å²) in [5.41, 5.74) is 1.06. The summed E-state index contributed by atoms with van der Waals surface area (Å²) in [6.45, 7) is 2.47. The van der Waals surface area contributed by atoms with Gasteiger partial charge in [-0.15, -0.1) is 0 Å². The molecule has 0 aliphatic carbocycles. The lowest BCUT2D eigenvalue weighted by atomic mass is 10.2. The van der Waals surface area contributed by atoms with Gasteiger partial charge in [-0.05, 0) is 53.8 Å². The molecule has 6 heteroatoms. The zero-order chi connectivity index (χ0) is 15.7. The molecule has 0 N–H and O–H groups in total. The highest BCUT2D eigenvalue weighted by atomic mass is 127. The monoisotopic (exact) mass is 426 g/mol. The third kappa shape index (κ3) is 2.72. The lowest BCUT2D eigenvalue weighted by Crippen LogP contribution is -2.16. The Morgan fingerprint density at radius 2 is 2.05 bits per heavy atom. The van der Waals surface area contributed by atoms with E-state index in [-0.39, 0.29) is 11.7 Å². The summed E-state index contributed by atoms with van der Waals surface area (Å²) in [4.78, 5) is 17.1. The van der Waals surface area contributed by atoms with E-state index in [4.69, 9.17) is 0 Å². The van der Waals surface area contributed by atoms with E-state index in [0.29, 0.717) is 22.4 Å². The van der Waals surface area contributed by atoms with Crippen molar-refractivity contribution in [1.82, 2.24) is 4.57 Å². The van der Waals surface area contributed by atoms with Gasteiger partial charge in [0.1, 0.15) is 5.82 Å². The Balaban J connectivity index is 2.20. The molecule has 0 bridgehead atoms. The van der Waals surface area contributed by atoms with Gasteiger partial charge in [0.15, 0.2) is 4.80 Å². The molecule has 3 nitrogen and oxygen atoms in total. The smallest absolute Gasteiger partial charge is 0.280 e. The van der Waals surface area contributed by atoms with Crippen LogP contribution in [0.3, 0.4) is 0 Å². The van der Waals surface area contributed by atoms with E-state index >= 15 is 0 Å². The van der Waals surface area contributed by atoms with Crippen LogP contribution >= 0.6 is 33.9 Å². The van der Waals surface area contributed by atoms with Crippen molar-refractivity contribution in [1.29, 1.82) is 0 Å². The highest BCUT2D eigenvalue weighted by Gasteiger charge is 2.12. The minimum absolute atomic E-state index is 0.293. The molecule has 1 aromatic heterocycles. The number of hydrogen-bond donors (Lipinski definition) is 0. The summed E-state index contributed by atoms with van der Waals surface area (Å²) in [7, 11) is 0. The average molecular weight is 426 g/mol. The molecule has 0 radical (unpaired) electrons. The fourth-order valence-electron chi connectivity index (χ4n) is 2.25. The topological polar surface area (TPSA) is 34.4 Å². The Kier molecular flexibility index (Phi) is 4.39. The molecular weight excluding hydrogens is 414 g/mol. The van der Waals surface area contributed by atoms with Crippen LogP contribution in [0.1, 0.15) is 17.3 Å². The number of aryl methyl sites for hydroxylation is 1. The zero-order valence-corrected chi connectivity index (χ0v) is 14.7. The standard InChI is InChI=1S/C16H12FIN2OS/c1-2-20-14-11(17)7-5-9-13(14)22-16(20)19-15(21)10-6-3-4-8-12(10)18/h3-9H,2H2,1H3. The quantitative estimate of drug-likeness (QED) is 0.566. The van der Waals surface area contributed by atoms with Gasteiger partial charge in [0, 0.05) is 10.1 Å². The number of halogens is 2. The van der Waals surface area contributed by atoms with Gasteiger partial charge < -0.3 is 4.57 Å². The number of rotatable bonds is 2. The molecule has 0 spiro atoms. The van der Waals surface area contributed by atoms with E-state index in [1.807, 2.05) is 31.2 Å². The summed E-state index contributed by atoms with van der Waals surface area (Å²) in [5, 5.41) is 0. The Morgan fingerprint density at radius 3 is 2.77 bits per heavy atom. The number of benzene rings is 2. The average Bonchev–Trinajstić information content (AvgIpc) is 2.86. The minimum atomic E-state index is -0.306. The van der Waals surface area contributed by atoms with E-state index in [1.54, 1.807) is 16.7 Å². The molecule has 0 aliphatic heterocycles. The molecule has 1 amide bonds. The Bertz CT molecular complexity index is 929. The first-order valence-electron chi connectivity index (χ1n) is 6.73. The molecular formula is C16H12FIN2OS. The lowest BCUT2D eigenvalue weighted by molar-refractivity contribution is 0.0997. The second-order valence-corrected chi connectivity index (χ2v) is 6.78. The predicted octanol–water partition coefficient (Wildman–Crippen LogP) is 4.21. The number of amides is 1. The molecule has 0 aliphatic rings. The minimum Gasteiger partial charge on any atom is -0.314 e. The number of nitrogens with zero attached hydrogens (tertiary/aromatic N) is 2. The van der Waals surface area contributed by atoms with E-state index in [0.717, 1.165) is 8.27 Å². The summed E-state index contributed by atoms with van der Waals surface area (Å²) in [6, 6.07) is 12.2. The van der Waals surface area contributed by atoms with Crippen LogP contribution in [-0.2, 0) is 6.54 Å². The molecule has 22 heavy (non-hydrogen) atoms. The SMILES string of the molecule is CCn1c(=NC(=O)c2ccccc2I)sc2cccc(F)c21. The normalized spacial score (nSPS) is 12.0. The third-order valence-electron chi connectivity index (χ3n) is 3.27. The first kappa shape index (κ1) is 15.4. The van der Waals surface area contributed by atoms with Crippen molar-refractivity contribution < 1.29 is 9.18 Å². The number of thiazole rings is 1. The Morgan fingerprint density at radius 1 is 1.27 bits per heavy atom. The largest absolute Gasteiger partial charge is 0.314 e. The second-order valence-electron chi connectivity index (χ2n) is 4.61. The van der Waals surface area contributed by atoms with Crippen LogP contribution in [0.15, 0.2) is 47.5 Å². The molecule has 112 valence electrons. The van der Waals surface area contributed by atoms with E-state index in [1.165, 1.54) is 17.4 Å². The number of hydrogen-bond acceptors (Lipinski definition) is 2. The van der Waals surface area contributed by atoms with Crippen LogP contribution in [0, 0.1) is 9.39 Å². The molecule has 0 saturated carbocycles. The summed E-state index contributed by atoms with van der Waals surface area (Å²) in [6.07, 6.45) is 0. The Hall–Kier alpha value is -1.54. The van der Waals surface area contributed by atoms with Gasteiger partial charge in [-0.1, -0.05) is 29.5 Å². The third-order valence-corrected chi connectivity index (χ3v) is 5.25. The molecule has 0 atom stereocenters. The van der Waals surface area contributed by atoms with Crippen molar-refractivity contribution >= 4 is 50.1 Å². The van der Waals surface area contributed by atoms with Gasteiger partial charge in [0.2, 0.25) is 0 Å². The molecule has 3 aromatic rings. The number of fused-ring (bicyclic) bond motifs is 1. The van der Waals surface area contributed by atoms with Crippen molar-refractivity contribution in [2.45, 2.75) is 13.5 Å². The number of aromatic nitrogens is 1. The highest BCUT2D eigenvalue weighted by molar-refractivity contribution is 14.1. The first-order chi connectivity index (χ1) is 10.6. The molecule has 0 unspecified atom stereocenters. The maximum absolute atomic E-state index is 14.0. The van der Waals surface area contributed by atoms with Crippen LogP contribution in [-0.4, -0.2) is 10.5 Å². The van der Waals surface area contributed by atoms with Gasteiger partial charge in [0.25, 0.3) is 5.91 Å². The van der Waals surface area contributed by atoms with Crippen molar-refractivity contribution in [3.05, 3.63) is 62.2 Å². The lowest BCUT2D eigenvalue weighted by Gasteiger charge is -2.01. The van der Waals surface area contributed by atoms with E-state index < -0.39 is 0 Å². The summed E-state index contributed by atoms with van der Waals surface area (Å²) < 4.78 is 17.4. The van der Waals surface area contributed by atoms with Crippen LogP contribution in [0.4, 0.5) is 4.39 Å². The van der Waals surface area contributed by atoms with E-state index in [9.17, 15) is 9.18 Å². The van der Waals surface area contributed by atoms with Gasteiger partial charge in [0.05, 0.1) is 15.8 Å². The summed E-state index contributed by atoms with van der Waals surface area (Å²) >= 11 is 3.44. The number of carbonyl (C=O) groups excluding carboxylic acids is 1. The predicted molar refractivity (Wildman–Crippen MR) is 94.5 cm³/mol. The molecule has 1 heterocycles. The number of para-hydroxylation sites is 1. The van der Waals surface area contributed by atoms with Gasteiger partial charge in [-0.2, -0.15) is 4.99 Å². The maximum atomic E-state index is 14.0. The fraction of sp³-hybridized carbons (Fsp3) is 0.125. The van der Waals surface area contributed by atoms with Gasteiger partial charge in [-0.3, -0.25) is 4.79 Å². The Labute approximate surface area is 144 Å².